The second-order valence-corrected chi connectivity index (χ2v) is 10.5. The minimum Gasteiger partial charge on any atom is -0.493 e. The van der Waals surface area contributed by atoms with Crippen LogP contribution in [0.5, 0.6) is 11.5 Å². The molecule has 6 rings (SSSR count). The highest BCUT2D eigenvalue weighted by Crippen LogP contribution is 2.40. The lowest BCUT2D eigenvalue weighted by atomic mass is 9.89. The summed E-state index contributed by atoms with van der Waals surface area (Å²) in [6.07, 6.45) is 4.37. The molecule has 4 heterocycles. The maximum absolute atomic E-state index is 14.1. The molecule has 2 aromatic carbocycles. The normalized spacial score (nSPS) is 17.8. The van der Waals surface area contributed by atoms with Crippen LogP contribution in [0.1, 0.15) is 64.1 Å². The van der Waals surface area contributed by atoms with E-state index in [4.69, 9.17) is 14.2 Å². The number of carbonyl (C=O) groups excluding carboxylic acids is 1. The lowest BCUT2D eigenvalue weighted by molar-refractivity contribution is 0.0627. The number of aryl methyl sites for hydroxylation is 1. The van der Waals surface area contributed by atoms with E-state index in [0.717, 1.165) is 40.9 Å². The topological polar surface area (TPSA) is 118 Å². The van der Waals surface area contributed by atoms with Crippen LogP contribution in [-0.4, -0.2) is 70.9 Å². The van der Waals surface area contributed by atoms with E-state index in [2.05, 4.69) is 9.97 Å². The molecular formula is C30H34N4O6. The second-order valence-electron chi connectivity index (χ2n) is 10.5. The van der Waals surface area contributed by atoms with Crippen LogP contribution in [0.2, 0.25) is 0 Å². The summed E-state index contributed by atoms with van der Waals surface area (Å²) < 4.78 is 18.5. The Morgan fingerprint density at radius 2 is 1.88 bits per heavy atom. The number of amides is 1. The number of aliphatic hydroxyl groups excluding tert-OH is 1. The Kier molecular flexibility index (Phi) is 6.97. The Morgan fingerprint density at radius 1 is 1.12 bits per heavy atom. The molecule has 1 atom stereocenters. The van der Waals surface area contributed by atoms with Crippen molar-refractivity contribution in [3.8, 4) is 11.5 Å². The van der Waals surface area contributed by atoms with Crippen molar-refractivity contribution < 1.29 is 24.1 Å². The Labute approximate surface area is 231 Å². The average Bonchev–Trinajstić information content (AvgIpc) is 3.43. The van der Waals surface area contributed by atoms with Gasteiger partial charge in [0.15, 0.2) is 11.5 Å². The first-order valence-corrected chi connectivity index (χ1v) is 13.7. The summed E-state index contributed by atoms with van der Waals surface area (Å²) in [7, 11) is 3.19. The molecule has 2 aliphatic heterocycles. The third kappa shape index (κ3) is 4.31. The Bertz CT molecular complexity index is 1650. The van der Waals surface area contributed by atoms with Gasteiger partial charge in [-0.15, -0.1) is 0 Å². The molecule has 2 aromatic heterocycles. The van der Waals surface area contributed by atoms with Gasteiger partial charge in [0, 0.05) is 37.8 Å². The summed E-state index contributed by atoms with van der Waals surface area (Å²) in [6, 6.07) is 7.28. The summed E-state index contributed by atoms with van der Waals surface area (Å²) in [4.78, 5) is 36.6. The molecule has 4 aromatic rings. The van der Waals surface area contributed by atoms with Gasteiger partial charge in [0.25, 0.3) is 11.5 Å². The van der Waals surface area contributed by atoms with Gasteiger partial charge in [-0.3, -0.25) is 14.0 Å². The zero-order chi connectivity index (χ0) is 28.0. The number of aromatic amines is 1. The van der Waals surface area contributed by atoms with Crippen molar-refractivity contribution in [1.82, 2.24) is 19.3 Å². The molecule has 2 aliphatic rings. The number of H-pyrrole nitrogens is 1. The number of aromatic nitrogens is 3. The highest BCUT2D eigenvalue weighted by Gasteiger charge is 2.33. The monoisotopic (exact) mass is 546 g/mol. The van der Waals surface area contributed by atoms with E-state index in [1.807, 2.05) is 34.4 Å². The first-order valence-electron chi connectivity index (χ1n) is 13.7. The van der Waals surface area contributed by atoms with Crippen LogP contribution in [0.15, 0.2) is 35.3 Å². The molecule has 1 unspecified atom stereocenters. The number of benzene rings is 2. The smallest absolute Gasteiger partial charge is 0.274 e. The largest absolute Gasteiger partial charge is 0.493 e. The lowest BCUT2D eigenvalue weighted by Crippen LogP contribution is -2.40. The molecule has 210 valence electrons. The SMILES string of the molecule is COc1cc2c(cc1OC)C(CCO)N(C(=O)c1cc3[nH]c(=O)c4cnc(C5CCOCC5)n4c3cc1C)CC2. The first kappa shape index (κ1) is 26.3. The number of ether oxygens (including phenoxy) is 3. The fraction of sp³-hybridized carbons (Fsp3) is 0.433. The summed E-state index contributed by atoms with van der Waals surface area (Å²) >= 11 is 0. The molecule has 1 saturated heterocycles. The predicted molar refractivity (Wildman–Crippen MR) is 150 cm³/mol. The van der Waals surface area contributed by atoms with E-state index in [1.165, 1.54) is 0 Å². The molecule has 0 spiro atoms. The number of nitrogens with zero attached hydrogens (tertiary/aromatic N) is 3. The Morgan fingerprint density at radius 3 is 2.60 bits per heavy atom. The van der Waals surface area contributed by atoms with E-state index in [-0.39, 0.29) is 30.0 Å². The number of fused-ring (bicyclic) bond motifs is 4. The number of imidazole rings is 1. The van der Waals surface area contributed by atoms with Crippen LogP contribution in [0.25, 0.3) is 16.6 Å². The predicted octanol–water partition coefficient (Wildman–Crippen LogP) is 3.52. The molecule has 0 saturated carbocycles. The van der Waals surface area contributed by atoms with Crippen molar-refractivity contribution in [2.45, 2.75) is 44.6 Å². The van der Waals surface area contributed by atoms with E-state index in [9.17, 15) is 14.7 Å². The molecule has 10 heteroatoms. The quantitative estimate of drug-likeness (QED) is 0.380. The van der Waals surface area contributed by atoms with Crippen molar-refractivity contribution in [2.75, 3.05) is 40.6 Å². The van der Waals surface area contributed by atoms with Crippen LogP contribution >= 0.6 is 0 Å². The highest BCUT2D eigenvalue weighted by molar-refractivity contribution is 5.99. The molecule has 40 heavy (non-hydrogen) atoms. The van der Waals surface area contributed by atoms with Gasteiger partial charge in [-0.05, 0) is 73.6 Å². The van der Waals surface area contributed by atoms with Crippen molar-refractivity contribution in [1.29, 1.82) is 0 Å². The number of nitrogens with one attached hydrogen (secondary N) is 1. The molecule has 0 bridgehead atoms. The summed E-state index contributed by atoms with van der Waals surface area (Å²) in [5, 5.41) is 9.93. The standard InChI is InChI=1S/C30H34N4O6/c1-17-12-24-22(32-29(36)25-16-31-28(34(24)25)18-6-10-40-11-7-18)14-20(17)30(37)33-8-4-19-13-26(38-2)27(39-3)15-21(19)23(33)5-9-35/h12-16,18,23,35H,4-11H2,1-3H3,(H,32,36). The highest BCUT2D eigenvalue weighted by atomic mass is 16.5. The maximum Gasteiger partial charge on any atom is 0.274 e. The first-order chi connectivity index (χ1) is 19.4. The third-order valence-electron chi connectivity index (χ3n) is 8.34. The van der Waals surface area contributed by atoms with Crippen molar-refractivity contribution in [3.05, 3.63) is 68.9 Å². The van der Waals surface area contributed by atoms with Crippen LogP contribution in [0, 0.1) is 6.92 Å². The van der Waals surface area contributed by atoms with E-state index in [1.54, 1.807) is 26.5 Å². The van der Waals surface area contributed by atoms with Crippen molar-refractivity contribution in [2.24, 2.45) is 0 Å². The lowest BCUT2D eigenvalue weighted by Gasteiger charge is -2.38. The molecule has 2 N–H and O–H groups in total. The number of methoxy groups -OCH3 is 2. The van der Waals surface area contributed by atoms with Gasteiger partial charge in [-0.2, -0.15) is 0 Å². The van der Waals surface area contributed by atoms with Crippen LogP contribution in [-0.2, 0) is 11.2 Å². The summed E-state index contributed by atoms with van der Waals surface area (Å²) in [5.74, 6) is 2.14. The zero-order valence-electron chi connectivity index (χ0n) is 23.0. The number of carbonyl (C=O) groups is 1. The van der Waals surface area contributed by atoms with E-state index >= 15 is 0 Å². The molecule has 1 amide bonds. The third-order valence-corrected chi connectivity index (χ3v) is 8.34. The molecular weight excluding hydrogens is 512 g/mol. The summed E-state index contributed by atoms with van der Waals surface area (Å²) in [5.41, 5.74) is 4.98. The van der Waals surface area contributed by atoms with Gasteiger partial charge in [0.2, 0.25) is 0 Å². The van der Waals surface area contributed by atoms with Gasteiger partial charge in [0.05, 0.1) is 37.5 Å². The number of rotatable bonds is 6. The zero-order valence-corrected chi connectivity index (χ0v) is 23.0. The fourth-order valence-electron chi connectivity index (χ4n) is 6.28. The molecule has 0 radical (unpaired) electrons. The van der Waals surface area contributed by atoms with Crippen molar-refractivity contribution >= 4 is 22.5 Å². The number of hydrogen-bond donors (Lipinski definition) is 2. The number of hydrogen-bond acceptors (Lipinski definition) is 7. The Hall–Kier alpha value is -3.89. The molecule has 10 nitrogen and oxygen atoms in total. The van der Waals surface area contributed by atoms with Crippen LogP contribution < -0.4 is 15.0 Å². The van der Waals surface area contributed by atoms with Gasteiger partial charge in [-0.1, -0.05) is 0 Å². The summed E-state index contributed by atoms with van der Waals surface area (Å²) in [6.45, 7) is 3.69. The van der Waals surface area contributed by atoms with Crippen LogP contribution in [0.4, 0.5) is 0 Å². The van der Waals surface area contributed by atoms with Gasteiger partial charge in [-0.25, -0.2) is 4.98 Å². The van der Waals surface area contributed by atoms with Gasteiger partial charge >= 0.3 is 0 Å². The Balaban J connectivity index is 1.43. The number of aliphatic hydroxyl groups is 1. The molecule has 1 fully saturated rings. The fourth-order valence-corrected chi connectivity index (χ4v) is 6.28. The minimum atomic E-state index is -0.327. The minimum absolute atomic E-state index is 0.0696. The molecule has 0 aliphatic carbocycles. The van der Waals surface area contributed by atoms with Gasteiger partial charge in [0.1, 0.15) is 11.3 Å². The van der Waals surface area contributed by atoms with Crippen LogP contribution in [0.3, 0.4) is 0 Å². The van der Waals surface area contributed by atoms with E-state index < -0.39 is 0 Å². The maximum atomic E-state index is 14.1. The average molecular weight is 547 g/mol. The second kappa shape index (κ2) is 10.6. The van der Waals surface area contributed by atoms with Crippen molar-refractivity contribution in [3.63, 3.8) is 0 Å². The van der Waals surface area contributed by atoms with Gasteiger partial charge < -0.3 is 29.2 Å². The van der Waals surface area contributed by atoms with E-state index in [0.29, 0.717) is 60.7 Å².